The van der Waals surface area contributed by atoms with Crippen LogP contribution >= 0.6 is 0 Å². The van der Waals surface area contributed by atoms with Gasteiger partial charge in [0.2, 0.25) is 0 Å². The highest BCUT2D eigenvalue weighted by Crippen LogP contribution is 2.35. The van der Waals surface area contributed by atoms with E-state index in [2.05, 4.69) is 0 Å². The van der Waals surface area contributed by atoms with Crippen molar-refractivity contribution in [1.82, 2.24) is 0 Å². The van der Waals surface area contributed by atoms with Gasteiger partial charge in [0.05, 0.1) is 0 Å². The molecule has 4 heteroatoms. The smallest absolute Gasteiger partial charge is 0.165 e. The monoisotopic (exact) mass is 410 g/mol. The molecule has 1 aliphatic carbocycles. The molecule has 0 N–H and O–H groups in total. The Morgan fingerprint density at radius 1 is 0.800 bits per heavy atom. The molecule has 0 saturated heterocycles. The van der Waals surface area contributed by atoms with Crippen molar-refractivity contribution < 1.29 is 17.9 Å². The van der Waals surface area contributed by atoms with Gasteiger partial charge in [0.25, 0.3) is 0 Å². The Morgan fingerprint density at radius 2 is 1.50 bits per heavy atom. The van der Waals surface area contributed by atoms with Crippen LogP contribution in [0.3, 0.4) is 0 Å². The summed E-state index contributed by atoms with van der Waals surface area (Å²) in [5, 5.41) is 0. The van der Waals surface area contributed by atoms with E-state index in [4.69, 9.17) is 4.74 Å². The van der Waals surface area contributed by atoms with Crippen molar-refractivity contribution >= 4 is 0 Å². The largest absolute Gasteiger partial charge is 0.489 e. The summed E-state index contributed by atoms with van der Waals surface area (Å²) < 4.78 is 48.6. The van der Waals surface area contributed by atoms with Gasteiger partial charge in [-0.1, -0.05) is 55.7 Å². The summed E-state index contributed by atoms with van der Waals surface area (Å²) in [5.74, 6) is -1.14. The molecule has 30 heavy (non-hydrogen) atoms. The predicted octanol–water partition coefficient (Wildman–Crippen LogP) is 7.71. The number of benzene rings is 3. The quantitative estimate of drug-likeness (QED) is 0.419. The first-order valence-corrected chi connectivity index (χ1v) is 10.5. The molecule has 0 heterocycles. The third kappa shape index (κ3) is 4.38. The number of rotatable bonds is 5. The molecule has 0 amide bonds. The third-order valence-corrected chi connectivity index (χ3v) is 5.99. The van der Waals surface area contributed by atoms with Gasteiger partial charge in [0.15, 0.2) is 11.6 Å². The van der Waals surface area contributed by atoms with Gasteiger partial charge in [-0.2, -0.15) is 0 Å². The molecular weight excluding hydrogens is 385 g/mol. The molecule has 156 valence electrons. The first kappa shape index (κ1) is 20.5. The maximum Gasteiger partial charge on any atom is 0.165 e. The Kier molecular flexibility index (Phi) is 6.12. The molecule has 1 saturated carbocycles. The van der Waals surface area contributed by atoms with E-state index in [1.807, 2.05) is 18.2 Å². The van der Waals surface area contributed by atoms with Gasteiger partial charge in [0.1, 0.15) is 18.2 Å². The van der Waals surface area contributed by atoms with Crippen molar-refractivity contribution in [2.75, 3.05) is 0 Å². The normalized spacial score (nSPS) is 14.7. The number of hydrogen-bond acceptors (Lipinski definition) is 1. The van der Waals surface area contributed by atoms with Crippen LogP contribution in [-0.2, 0) is 6.61 Å². The lowest BCUT2D eigenvalue weighted by atomic mass is 9.83. The average molecular weight is 410 g/mol. The van der Waals surface area contributed by atoms with Gasteiger partial charge in [-0.3, -0.25) is 0 Å². The zero-order valence-corrected chi connectivity index (χ0v) is 17.1. The van der Waals surface area contributed by atoms with Crippen LogP contribution in [0, 0.1) is 24.4 Å². The third-order valence-electron chi connectivity index (χ3n) is 5.99. The average Bonchev–Trinajstić information content (AvgIpc) is 2.78. The van der Waals surface area contributed by atoms with E-state index in [1.165, 1.54) is 12.5 Å². The van der Waals surface area contributed by atoms with Gasteiger partial charge in [-0.05, 0) is 66.1 Å². The van der Waals surface area contributed by atoms with E-state index in [9.17, 15) is 13.2 Å². The molecule has 0 aromatic heterocycles. The van der Waals surface area contributed by atoms with E-state index < -0.39 is 11.6 Å². The van der Waals surface area contributed by atoms with Gasteiger partial charge in [-0.25, -0.2) is 13.2 Å². The van der Waals surface area contributed by atoms with Gasteiger partial charge in [0, 0.05) is 5.56 Å². The van der Waals surface area contributed by atoms with Crippen LogP contribution in [0.5, 0.6) is 5.75 Å². The highest BCUT2D eigenvalue weighted by atomic mass is 19.2. The van der Waals surface area contributed by atoms with Gasteiger partial charge >= 0.3 is 0 Å². The molecule has 3 aromatic carbocycles. The molecule has 0 radical (unpaired) electrons. The minimum atomic E-state index is -0.815. The minimum Gasteiger partial charge on any atom is -0.489 e. The topological polar surface area (TPSA) is 9.23 Å². The predicted molar refractivity (Wildman–Crippen MR) is 113 cm³/mol. The second-order valence-corrected chi connectivity index (χ2v) is 8.05. The van der Waals surface area contributed by atoms with E-state index in [-0.39, 0.29) is 23.9 Å². The summed E-state index contributed by atoms with van der Waals surface area (Å²) in [7, 11) is 0. The molecule has 1 aliphatic rings. The number of aryl methyl sites for hydroxylation is 1. The number of ether oxygens (including phenoxy) is 1. The fraction of sp³-hybridized carbons (Fsp3) is 0.308. The number of halogens is 3. The van der Waals surface area contributed by atoms with Crippen LogP contribution in [0.4, 0.5) is 13.2 Å². The lowest BCUT2D eigenvalue weighted by molar-refractivity contribution is 0.296. The van der Waals surface area contributed by atoms with Crippen molar-refractivity contribution in [3.63, 3.8) is 0 Å². The van der Waals surface area contributed by atoms with Gasteiger partial charge in [-0.15, -0.1) is 0 Å². The molecule has 4 rings (SSSR count). The summed E-state index contributed by atoms with van der Waals surface area (Å²) in [6.07, 6.45) is 5.15. The van der Waals surface area contributed by atoms with E-state index in [0.29, 0.717) is 16.9 Å². The molecule has 1 fully saturated rings. The maximum atomic E-state index is 14.6. The van der Waals surface area contributed by atoms with Crippen molar-refractivity contribution in [3.8, 4) is 16.9 Å². The second kappa shape index (κ2) is 8.95. The van der Waals surface area contributed by atoms with Crippen molar-refractivity contribution in [2.45, 2.75) is 51.6 Å². The Balaban J connectivity index is 1.44. The fourth-order valence-corrected chi connectivity index (χ4v) is 4.12. The van der Waals surface area contributed by atoms with Crippen LogP contribution in [0.1, 0.15) is 54.7 Å². The van der Waals surface area contributed by atoms with E-state index in [0.717, 1.165) is 36.8 Å². The highest BCUT2D eigenvalue weighted by molar-refractivity contribution is 5.64. The fourth-order valence-electron chi connectivity index (χ4n) is 4.12. The van der Waals surface area contributed by atoms with Crippen molar-refractivity contribution in [1.29, 1.82) is 0 Å². The minimum absolute atomic E-state index is 0.0494. The Labute approximate surface area is 175 Å². The molecule has 3 aromatic rings. The molecule has 1 nitrogen and oxygen atoms in total. The summed E-state index contributed by atoms with van der Waals surface area (Å²) in [4.78, 5) is 0. The lowest BCUT2D eigenvalue weighted by Crippen LogP contribution is -2.10. The van der Waals surface area contributed by atoms with Crippen LogP contribution < -0.4 is 4.74 Å². The molecule has 0 atom stereocenters. The molecule has 0 bridgehead atoms. The molecule has 0 unspecified atom stereocenters. The van der Waals surface area contributed by atoms with Gasteiger partial charge < -0.3 is 4.74 Å². The molecule has 0 aliphatic heterocycles. The molecule has 0 spiro atoms. The van der Waals surface area contributed by atoms with Crippen LogP contribution in [0.25, 0.3) is 11.1 Å². The maximum absolute atomic E-state index is 14.6. The molecular formula is C26H25F3O. The summed E-state index contributed by atoms with van der Waals surface area (Å²) in [6, 6.07) is 15.6. The summed E-state index contributed by atoms with van der Waals surface area (Å²) in [5.41, 5.74) is 2.93. The van der Waals surface area contributed by atoms with E-state index in [1.54, 1.807) is 37.3 Å². The first-order valence-electron chi connectivity index (χ1n) is 10.5. The Bertz CT molecular complexity index is 1020. The zero-order chi connectivity index (χ0) is 21.1. The van der Waals surface area contributed by atoms with Crippen molar-refractivity contribution in [3.05, 3.63) is 88.7 Å². The van der Waals surface area contributed by atoms with Crippen molar-refractivity contribution in [2.24, 2.45) is 0 Å². The highest BCUT2D eigenvalue weighted by Gasteiger charge is 2.22. The SMILES string of the molecule is Cc1ccc(-c2ccc(OCc3ccc(C4CCCCC4)c(F)c3F)cc2)cc1F. The van der Waals surface area contributed by atoms with E-state index >= 15 is 0 Å². The zero-order valence-electron chi connectivity index (χ0n) is 17.1. The Morgan fingerprint density at radius 3 is 2.20 bits per heavy atom. The first-order chi connectivity index (χ1) is 14.5. The van der Waals surface area contributed by atoms with Crippen LogP contribution in [-0.4, -0.2) is 0 Å². The van der Waals surface area contributed by atoms with Crippen LogP contribution in [0.2, 0.25) is 0 Å². The van der Waals surface area contributed by atoms with Crippen LogP contribution in [0.15, 0.2) is 54.6 Å². The number of hydrogen-bond donors (Lipinski definition) is 0. The lowest BCUT2D eigenvalue weighted by Gasteiger charge is -2.23. The Hall–Kier alpha value is -2.75. The summed E-state index contributed by atoms with van der Waals surface area (Å²) >= 11 is 0. The standard InChI is InChI=1S/C26H25F3O/c1-17-7-8-20(15-24(17)27)18-9-12-22(13-10-18)30-16-21-11-14-23(26(29)25(21)28)19-5-3-2-4-6-19/h7-15,19H,2-6,16H2,1H3. The summed E-state index contributed by atoms with van der Waals surface area (Å²) in [6.45, 7) is 1.67. The second-order valence-electron chi connectivity index (χ2n) is 8.05.